The first-order valence-corrected chi connectivity index (χ1v) is 9.39. The summed E-state index contributed by atoms with van der Waals surface area (Å²) < 4.78 is 5.08. The standard InChI is InChI=1S/C23H22N2O5/c1-5-8-25-21(27)17-7-6-16(11-18(17)22(25)28)23(29)30-12-19(26)24-20-14(3)9-13(2)10-15(20)4/h5-7,9-11H,1,8,12H2,2-4H3,(H,24,26). The van der Waals surface area contributed by atoms with E-state index in [0.717, 1.165) is 21.6 Å². The van der Waals surface area contributed by atoms with Crippen LogP contribution in [0.1, 0.15) is 47.8 Å². The van der Waals surface area contributed by atoms with E-state index < -0.39 is 30.3 Å². The van der Waals surface area contributed by atoms with Gasteiger partial charge in [0.2, 0.25) is 0 Å². The molecule has 1 aliphatic rings. The summed E-state index contributed by atoms with van der Waals surface area (Å²) in [6.45, 7) is 8.89. The van der Waals surface area contributed by atoms with E-state index in [2.05, 4.69) is 11.9 Å². The fourth-order valence-corrected chi connectivity index (χ4v) is 3.48. The van der Waals surface area contributed by atoms with E-state index in [1.54, 1.807) is 0 Å². The van der Waals surface area contributed by atoms with Crippen LogP contribution in [0, 0.1) is 20.8 Å². The van der Waals surface area contributed by atoms with Crippen molar-refractivity contribution in [3.8, 4) is 0 Å². The molecule has 1 N–H and O–H groups in total. The largest absolute Gasteiger partial charge is 0.452 e. The summed E-state index contributed by atoms with van der Waals surface area (Å²) in [4.78, 5) is 50.2. The van der Waals surface area contributed by atoms with Crippen molar-refractivity contribution in [2.75, 3.05) is 18.5 Å². The molecule has 3 rings (SSSR count). The van der Waals surface area contributed by atoms with Crippen molar-refractivity contribution >= 4 is 29.4 Å². The molecule has 0 bridgehead atoms. The summed E-state index contributed by atoms with van der Waals surface area (Å²) in [6.07, 6.45) is 1.45. The van der Waals surface area contributed by atoms with Crippen LogP contribution in [0.5, 0.6) is 0 Å². The van der Waals surface area contributed by atoms with Gasteiger partial charge in [-0.25, -0.2) is 4.79 Å². The molecule has 0 saturated heterocycles. The van der Waals surface area contributed by atoms with Crippen molar-refractivity contribution < 1.29 is 23.9 Å². The fourth-order valence-electron chi connectivity index (χ4n) is 3.48. The molecule has 154 valence electrons. The predicted octanol–water partition coefficient (Wildman–Crippen LogP) is 3.19. The van der Waals surface area contributed by atoms with Crippen molar-refractivity contribution in [3.05, 3.63) is 76.4 Å². The lowest BCUT2D eigenvalue weighted by Crippen LogP contribution is -2.29. The second-order valence-corrected chi connectivity index (χ2v) is 7.17. The Morgan fingerprint density at radius 1 is 1.03 bits per heavy atom. The van der Waals surface area contributed by atoms with Crippen LogP contribution in [-0.2, 0) is 9.53 Å². The third-order valence-electron chi connectivity index (χ3n) is 4.79. The highest BCUT2D eigenvalue weighted by molar-refractivity contribution is 6.22. The Hall–Kier alpha value is -3.74. The van der Waals surface area contributed by atoms with E-state index in [1.807, 2.05) is 32.9 Å². The number of carbonyl (C=O) groups excluding carboxylic acids is 4. The quantitative estimate of drug-likeness (QED) is 0.452. The summed E-state index contributed by atoms with van der Waals surface area (Å²) in [5.74, 6) is -2.15. The Labute approximate surface area is 174 Å². The molecule has 7 nitrogen and oxygen atoms in total. The Balaban J connectivity index is 1.67. The molecule has 0 spiro atoms. The highest BCUT2D eigenvalue weighted by Gasteiger charge is 2.35. The lowest BCUT2D eigenvalue weighted by atomic mass is 10.1. The van der Waals surface area contributed by atoms with Gasteiger partial charge in [-0.15, -0.1) is 6.58 Å². The normalized spacial score (nSPS) is 12.6. The van der Waals surface area contributed by atoms with Crippen molar-refractivity contribution in [1.82, 2.24) is 4.90 Å². The third kappa shape index (κ3) is 4.00. The van der Waals surface area contributed by atoms with Crippen LogP contribution in [0.15, 0.2) is 43.0 Å². The Kier molecular flexibility index (Phi) is 5.82. The first-order valence-electron chi connectivity index (χ1n) is 9.39. The highest BCUT2D eigenvalue weighted by Crippen LogP contribution is 2.24. The van der Waals surface area contributed by atoms with E-state index in [4.69, 9.17) is 4.74 Å². The molecular weight excluding hydrogens is 384 g/mol. The van der Waals surface area contributed by atoms with E-state index in [-0.39, 0.29) is 23.2 Å². The average Bonchev–Trinajstić information content (AvgIpc) is 2.93. The number of amides is 3. The molecule has 0 aromatic heterocycles. The predicted molar refractivity (Wildman–Crippen MR) is 112 cm³/mol. The van der Waals surface area contributed by atoms with Crippen molar-refractivity contribution in [3.63, 3.8) is 0 Å². The smallest absolute Gasteiger partial charge is 0.338 e. The Morgan fingerprint density at radius 2 is 1.67 bits per heavy atom. The molecule has 0 fully saturated rings. The van der Waals surface area contributed by atoms with Gasteiger partial charge in [-0.3, -0.25) is 19.3 Å². The molecule has 1 heterocycles. The van der Waals surface area contributed by atoms with Crippen molar-refractivity contribution in [1.29, 1.82) is 0 Å². The maximum atomic E-state index is 12.4. The minimum Gasteiger partial charge on any atom is -0.452 e. The molecule has 30 heavy (non-hydrogen) atoms. The average molecular weight is 406 g/mol. The lowest BCUT2D eigenvalue weighted by molar-refractivity contribution is -0.119. The SMILES string of the molecule is C=CCN1C(=O)c2ccc(C(=O)OCC(=O)Nc3c(C)cc(C)cc3C)cc2C1=O. The maximum Gasteiger partial charge on any atom is 0.338 e. The number of rotatable bonds is 6. The van der Waals surface area contributed by atoms with Crippen LogP contribution < -0.4 is 5.32 Å². The van der Waals surface area contributed by atoms with Crippen LogP contribution in [0.3, 0.4) is 0 Å². The molecule has 2 aromatic carbocycles. The maximum absolute atomic E-state index is 12.4. The van der Waals surface area contributed by atoms with Gasteiger partial charge in [0.15, 0.2) is 6.61 Å². The first-order chi connectivity index (χ1) is 14.2. The molecule has 0 aliphatic carbocycles. The molecule has 2 aromatic rings. The third-order valence-corrected chi connectivity index (χ3v) is 4.79. The molecule has 0 unspecified atom stereocenters. The van der Waals surface area contributed by atoms with Gasteiger partial charge < -0.3 is 10.1 Å². The monoisotopic (exact) mass is 406 g/mol. The fraction of sp³-hybridized carbons (Fsp3) is 0.217. The lowest BCUT2D eigenvalue weighted by Gasteiger charge is -2.13. The van der Waals surface area contributed by atoms with Gasteiger partial charge in [0, 0.05) is 12.2 Å². The van der Waals surface area contributed by atoms with Crippen LogP contribution in [0.2, 0.25) is 0 Å². The topological polar surface area (TPSA) is 92.8 Å². The number of carbonyl (C=O) groups is 4. The Bertz CT molecular complexity index is 1060. The number of nitrogens with one attached hydrogen (secondary N) is 1. The number of benzene rings is 2. The number of ether oxygens (including phenoxy) is 1. The zero-order valence-electron chi connectivity index (χ0n) is 17.1. The van der Waals surface area contributed by atoms with E-state index in [9.17, 15) is 19.2 Å². The molecule has 1 aliphatic heterocycles. The number of imide groups is 1. The van der Waals surface area contributed by atoms with Crippen molar-refractivity contribution in [2.24, 2.45) is 0 Å². The van der Waals surface area contributed by atoms with E-state index in [1.165, 1.54) is 24.3 Å². The molecule has 3 amide bonds. The summed E-state index contributed by atoms with van der Waals surface area (Å²) in [6, 6.07) is 8.03. The van der Waals surface area contributed by atoms with Gasteiger partial charge in [-0.1, -0.05) is 23.8 Å². The zero-order chi connectivity index (χ0) is 22.0. The first kappa shape index (κ1) is 21.0. The summed E-state index contributed by atoms with van der Waals surface area (Å²) in [5.41, 5.74) is 4.05. The minimum atomic E-state index is -0.757. The van der Waals surface area contributed by atoms with Gasteiger partial charge in [-0.05, 0) is 50.1 Å². The Morgan fingerprint density at radius 3 is 2.30 bits per heavy atom. The number of nitrogens with zero attached hydrogens (tertiary/aromatic N) is 1. The van der Waals surface area contributed by atoms with Gasteiger partial charge in [0.25, 0.3) is 17.7 Å². The molecule has 0 radical (unpaired) electrons. The van der Waals surface area contributed by atoms with E-state index >= 15 is 0 Å². The zero-order valence-corrected chi connectivity index (χ0v) is 17.1. The van der Waals surface area contributed by atoms with Gasteiger partial charge in [0.05, 0.1) is 16.7 Å². The molecule has 0 saturated carbocycles. The highest BCUT2D eigenvalue weighted by atomic mass is 16.5. The summed E-state index contributed by atoms with van der Waals surface area (Å²) in [7, 11) is 0. The van der Waals surface area contributed by atoms with Gasteiger partial charge in [0.1, 0.15) is 0 Å². The number of anilines is 1. The van der Waals surface area contributed by atoms with Crippen LogP contribution in [-0.4, -0.2) is 41.7 Å². The molecular formula is C23H22N2O5. The van der Waals surface area contributed by atoms with Crippen LogP contribution in [0.4, 0.5) is 5.69 Å². The summed E-state index contributed by atoms with van der Waals surface area (Å²) in [5, 5.41) is 2.76. The number of fused-ring (bicyclic) bond motifs is 1. The second kappa shape index (κ2) is 8.32. The number of aryl methyl sites for hydroxylation is 3. The van der Waals surface area contributed by atoms with Crippen molar-refractivity contribution in [2.45, 2.75) is 20.8 Å². The van der Waals surface area contributed by atoms with Gasteiger partial charge >= 0.3 is 5.97 Å². The molecule has 7 heteroatoms. The van der Waals surface area contributed by atoms with Gasteiger partial charge in [-0.2, -0.15) is 0 Å². The van der Waals surface area contributed by atoms with E-state index in [0.29, 0.717) is 5.69 Å². The summed E-state index contributed by atoms with van der Waals surface area (Å²) >= 11 is 0. The number of hydrogen-bond donors (Lipinski definition) is 1. The van der Waals surface area contributed by atoms with Crippen LogP contribution >= 0.6 is 0 Å². The second-order valence-electron chi connectivity index (χ2n) is 7.17. The number of hydrogen-bond acceptors (Lipinski definition) is 5. The molecule has 0 atom stereocenters. The minimum absolute atomic E-state index is 0.0874. The number of esters is 1. The van der Waals surface area contributed by atoms with Crippen LogP contribution in [0.25, 0.3) is 0 Å².